The molecule has 0 aromatic heterocycles. The highest BCUT2D eigenvalue weighted by Crippen LogP contribution is 2.29. The molecule has 3 heterocycles. The van der Waals surface area contributed by atoms with Gasteiger partial charge in [0.05, 0.1) is 19.8 Å². The van der Waals surface area contributed by atoms with Crippen LogP contribution >= 0.6 is 0 Å². The Morgan fingerprint density at radius 2 is 1.28 bits per heavy atom. The summed E-state index contributed by atoms with van der Waals surface area (Å²) in [6, 6.07) is 0. The largest absolute Gasteiger partial charge is 0.394 e. The highest BCUT2D eigenvalue weighted by molar-refractivity contribution is 4.93. The number of aliphatic hydroxyl groups excluding tert-OH is 10. The molecule has 0 amide bonds. The smallest absolute Gasteiger partial charge is 0.187 e. The van der Waals surface area contributed by atoms with Gasteiger partial charge < -0.3 is 74.7 Å². The van der Waals surface area contributed by atoms with Crippen molar-refractivity contribution in [3.05, 3.63) is 0 Å². The minimum Gasteiger partial charge on any atom is -0.394 e. The molecule has 0 spiro atoms. The van der Waals surface area contributed by atoms with E-state index in [2.05, 4.69) is 0 Å². The highest BCUT2D eigenvalue weighted by Gasteiger charge is 2.50. The fraction of sp³-hybridized carbons (Fsp3) is 1.00. The quantitative estimate of drug-likeness (QED) is 0.172. The van der Waals surface area contributed by atoms with Crippen molar-refractivity contribution < 1.29 is 74.7 Å². The third-order valence-corrected chi connectivity index (χ3v) is 5.68. The van der Waals surface area contributed by atoms with Crippen molar-refractivity contribution in [3.63, 3.8) is 0 Å². The topological polar surface area (TPSA) is 248 Å². The standard InChI is InChI=1S/C17H30O15/c18-1-5-8(21)10(23)13(26)17(31-5)32-14-11(24)9(22)6(30-15(14)27)3-29-16-12(25)7(20)4(19)2-28-16/h4-27H,1-3H2/t4-,5+,6+,7-,8+,9+,10-,11-,12+,13+,14+,15+,16-,17-/m0/s1. The SMILES string of the molecule is OC[C@H]1O[C@@H](O[C@@H]2[C@@H](O)[C@H](O)[C@@H](CO[C@@H]3OC[C@H](O)[C@H](O)[C@H]3O)O[C@H]2O)[C@H](O)[C@@H](O)[C@@H]1O. The van der Waals surface area contributed by atoms with E-state index in [-0.39, 0.29) is 6.61 Å². The minimum absolute atomic E-state index is 0.322. The summed E-state index contributed by atoms with van der Waals surface area (Å²) in [4.78, 5) is 0. The molecule has 3 fully saturated rings. The van der Waals surface area contributed by atoms with E-state index in [0.29, 0.717) is 0 Å². The molecule has 3 rings (SSSR count). The molecule has 32 heavy (non-hydrogen) atoms. The maximum Gasteiger partial charge on any atom is 0.187 e. The van der Waals surface area contributed by atoms with E-state index in [1.54, 1.807) is 0 Å². The van der Waals surface area contributed by atoms with Crippen molar-refractivity contribution in [1.82, 2.24) is 0 Å². The van der Waals surface area contributed by atoms with Crippen molar-refractivity contribution in [2.24, 2.45) is 0 Å². The second-order valence-corrected chi connectivity index (χ2v) is 7.93. The minimum atomic E-state index is -1.88. The summed E-state index contributed by atoms with van der Waals surface area (Å²) in [6.07, 6.45) is -22.4. The maximum absolute atomic E-state index is 10.4. The molecule has 15 heteroatoms. The van der Waals surface area contributed by atoms with Gasteiger partial charge in [0, 0.05) is 0 Å². The fourth-order valence-electron chi connectivity index (χ4n) is 3.66. The van der Waals surface area contributed by atoms with Crippen LogP contribution in [0.3, 0.4) is 0 Å². The van der Waals surface area contributed by atoms with E-state index in [9.17, 15) is 51.1 Å². The second kappa shape index (κ2) is 10.8. The predicted octanol–water partition coefficient (Wildman–Crippen LogP) is -6.93. The number of aliphatic hydroxyl groups is 10. The summed E-state index contributed by atoms with van der Waals surface area (Å²) in [5, 5.41) is 98.7. The van der Waals surface area contributed by atoms with E-state index in [1.807, 2.05) is 0 Å². The molecule has 188 valence electrons. The van der Waals surface area contributed by atoms with Crippen molar-refractivity contribution in [3.8, 4) is 0 Å². The van der Waals surface area contributed by atoms with Gasteiger partial charge in [0.2, 0.25) is 0 Å². The van der Waals surface area contributed by atoms with Gasteiger partial charge in [0.1, 0.15) is 67.1 Å². The van der Waals surface area contributed by atoms with Crippen LogP contribution in [0.4, 0.5) is 0 Å². The van der Waals surface area contributed by atoms with Crippen LogP contribution in [0, 0.1) is 0 Å². The first-order chi connectivity index (χ1) is 15.1. The van der Waals surface area contributed by atoms with Crippen LogP contribution in [0.1, 0.15) is 0 Å². The van der Waals surface area contributed by atoms with Gasteiger partial charge in [0.25, 0.3) is 0 Å². The summed E-state index contributed by atoms with van der Waals surface area (Å²) in [5.41, 5.74) is 0. The molecule has 3 saturated heterocycles. The van der Waals surface area contributed by atoms with E-state index < -0.39 is 99.2 Å². The third kappa shape index (κ3) is 5.22. The summed E-state index contributed by atoms with van der Waals surface area (Å²) in [7, 11) is 0. The summed E-state index contributed by atoms with van der Waals surface area (Å²) in [6.45, 7) is -1.55. The van der Waals surface area contributed by atoms with Crippen LogP contribution < -0.4 is 0 Å². The van der Waals surface area contributed by atoms with Crippen LogP contribution in [0.15, 0.2) is 0 Å². The van der Waals surface area contributed by atoms with E-state index in [1.165, 1.54) is 0 Å². The van der Waals surface area contributed by atoms with Crippen LogP contribution in [-0.4, -0.2) is 157 Å². The van der Waals surface area contributed by atoms with Crippen molar-refractivity contribution >= 4 is 0 Å². The summed E-state index contributed by atoms with van der Waals surface area (Å²) < 4.78 is 25.9. The molecule has 0 aromatic rings. The van der Waals surface area contributed by atoms with Gasteiger partial charge in [-0.1, -0.05) is 0 Å². The Morgan fingerprint density at radius 3 is 1.94 bits per heavy atom. The zero-order valence-corrected chi connectivity index (χ0v) is 16.7. The Bertz CT molecular complexity index is 594. The first-order valence-electron chi connectivity index (χ1n) is 9.99. The van der Waals surface area contributed by atoms with Crippen molar-refractivity contribution in [2.75, 3.05) is 19.8 Å². The first-order valence-corrected chi connectivity index (χ1v) is 9.99. The molecular formula is C17H30O15. The Morgan fingerprint density at radius 1 is 0.656 bits per heavy atom. The Balaban J connectivity index is 1.57. The molecule has 14 atom stereocenters. The lowest BCUT2D eigenvalue weighted by Gasteiger charge is -2.45. The number of rotatable bonds is 6. The van der Waals surface area contributed by atoms with Gasteiger partial charge in [-0.05, 0) is 0 Å². The van der Waals surface area contributed by atoms with E-state index >= 15 is 0 Å². The van der Waals surface area contributed by atoms with E-state index in [4.69, 9.17) is 23.7 Å². The Hall–Kier alpha value is -0.600. The van der Waals surface area contributed by atoms with Gasteiger partial charge in [-0.2, -0.15) is 0 Å². The average Bonchev–Trinajstić information content (AvgIpc) is 2.77. The first kappa shape index (κ1) is 26.0. The number of ether oxygens (including phenoxy) is 5. The monoisotopic (exact) mass is 474 g/mol. The molecule has 0 radical (unpaired) electrons. The molecule has 15 nitrogen and oxygen atoms in total. The maximum atomic E-state index is 10.4. The molecule has 0 unspecified atom stereocenters. The second-order valence-electron chi connectivity index (χ2n) is 7.93. The zero-order chi connectivity index (χ0) is 23.7. The Kier molecular flexibility index (Phi) is 8.75. The van der Waals surface area contributed by atoms with Crippen molar-refractivity contribution in [1.29, 1.82) is 0 Å². The van der Waals surface area contributed by atoms with Crippen LogP contribution in [0.25, 0.3) is 0 Å². The van der Waals surface area contributed by atoms with Gasteiger partial charge in [-0.3, -0.25) is 0 Å². The Labute approximate surface area is 181 Å². The number of hydrogen-bond acceptors (Lipinski definition) is 15. The lowest BCUT2D eigenvalue weighted by atomic mass is 9.97. The summed E-state index contributed by atoms with van der Waals surface area (Å²) in [5.74, 6) is 0. The lowest BCUT2D eigenvalue weighted by Crippen LogP contribution is -2.64. The van der Waals surface area contributed by atoms with Crippen LogP contribution in [0.2, 0.25) is 0 Å². The molecule has 3 aliphatic rings. The predicted molar refractivity (Wildman–Crippen MR) is 95.2 cm³/mol. The number of hydrogen-bond donors (Lipinski definition) is 10. The lowest BCUT2D eigenvalue weighted by molar-refractivity contribution is -0.365. The van der Waals surface area contributed by atoms with Gasteiger partial charge in [0.15, 0.2) is 18.9 Å². The average molecular weight is 474 g/mol. The molecule has 0 saturated carbocycles. The third-order valence-electron chi connectivity index (χ3n) is 5.68. The van der Waals surface area contributed by atoms with Crippen LogP contribution in [-0.2, 0) is 23.7 Å². The molecule has 0 aliphatic carbocycles. The molecule has 10 N–H and O–H groups in total. The molecule has 3 aliphatic heterocycles. The van der Waals surface area contributed by atoms with E-state index in [0.717, 1.165) is 0 Å². The van der Waals surface area contributed by atoms with Gasteiger partial charge in [-0.15, -0.1) is 0 Å². The summed E-state index contributed by atoms with van der Waals surface area (Å²) >= 11 is 0. The zero-order valence-electron chi connectivity index (χ0n) is 16.7. The molecule has 0 aromatic carbocycles. The van der Waals surface area contributed by atoms with Gasteiger partial charge in [-0.25, -0.2) is 0 Å². The normalized spacial score (nSPS) is 52.7. The van der Waals surface area contributed by atoms with Crippen molar-refractivity contribution in [2.45, 2.75) is 86.0 Å². The van der Waals surface area contributed by atoms with Gasteiger partial charge >= 0.3 is 0 Å². The van der Waals surface area contributed by atoms with Crippen LogP contribution in [0.5, 0.6) is 0 Å². The molecular weight excluding hydrogens is 444 g/mol. The molecule has 0 bridgehead atoms. The highest BCUT2D eigenvalue weighted by atomic mass is 16.7. The fourth-order valence-corrected chi connectivity index (χ4v) is 3.66.